The van der Waals surface area contributed by atoms with E-state index in [1.165, 1.54) is 0 Å². The van der Waals surface area contributed by atoms with Crippen molar-refractivity contribution >= 4 is 23.7 Å². The summed E-state index contributed by atoms with van der Waals surface area (Å²) in [5.74, 6) is -2.05. The Morgan fingerprint density at radius 1 is 0.892 bits per heavy atom. The van der Waals surface area contributed by atoms with Gasteiger partial charge < -0.3 is 20.7 Å². The van der Waals surface area contributed by atoms with Crippen LogP contribution in [0.2, 0.25) is 0 Å². The van der Waals surface area contributed by atoms with Gasteiger partial charge in [-0.15, -0.1) is 0 Å². The number of amides is 3. The second-order valence-corrected chi connectivity index (χ2v) is 10.4. The molecule has 1 heterocycles. The van der Waals surface area contributed by atoms with Gasteiger partial charge in [0, 0.05) is 6.42 Å². The molecule has 0 aromatic heterocycles. The Bertz CT molecular complexity index is 891. The van der Waals surface area contributed by atoms with Crippen molar-refractivity contribution in [3.8, 4) is 0 Å². The molecule has 0 saturated carbocycles. The molecule has 3 amide bonds. The Morgan fingerprint density at radius 2 is 1.59 bits per heavy atom. The number of ether oxygens (including phenoxy) is 1. The lowest BCUT2D eigenvalue weighted by atomic mass is 9.93. The van der Waals surface area contributed by atoms with E-state index in [0.717, 1.165) is 37.7 Å². The van der Waals surface area contributed by atoms with Crippen molar-refractivity contribution in [1.29, 1.82) is 0 Å². The summed E-state index contributed by atoms with van der Waals surface area (Å²) in [5, 5.41) is 8.33. The van der Waals surface area contributed by atoms with Gasteiger partial charge in [-0.3, -0.25) is 14.4 Å². The molecular formula is C29H45N3O5. The lowest BCUT2D eigenvalue weighted by Gasteiger charge is -2.29. The second-order valence-electron chi connectivity index (χ2n) is 10.4. The Labute approximate surface area is 221 Å². The first-order valence-electron chi connectivity index (χ1n) is 13.8. The van der Waals surface area contributed by atoms with Crippen molar-refractivity contribution in [2.45, 2.75) is 110 Å². The van der Waals surface area contributed by atoms with Gasteiger partial charge in [-0.1, -0.05) is 90.1 Å². The molecule has 2 rings (SSSR count). The highest BCUT2D eigenvalue weighted by Crippen LogP contribution is 2.22. The summed E-state index contributed by atoms with van der Waals surface area (Å²) in [6.07, 6.45) is 5.35. The number of nitrogens with one attached hydrogen (secondary N) is 3. The van der Waals surface area contributed by atoms with Gasteiger partial charge in [0.15, 0.2) is 0 Å². The van der Waals surface area contributed by atoms with E-state index in [9.17, 15) is 19.2 Å². The van der Waals surface area contributed by atoms with Crippen molar-refractivity contribution in [2.24, 2.45) is 11.8 Å². The molecule has 0 spiro atoms. The molecule has 3 unspecified atom stereocenters. The zero-order valence-electron chi connectivity index (χ0n) is 23.0. The number of carbonyl (C=O) groups excluding carboxylic acids is 4. The van der Waals surface area contributed by atoms with E-state index in [2.05, 4.69) is 22.9 Å². The Morgan fingerprint density at radius 3 is 2.24 bits per heavy atom. The van der Waals surface area contributed by atoms with E-state index in [1.54, 1.807) is 6.92 Å². The van der Waals surface area contributed by atoms with Crippen LogP contribution in [0.15, 0.2) is 30.3 Å². The predicted molar refractivity (Wildman–Crippen MR) is 143 cm³/mol. The highest BCUT2D eigenvalue weighted by atomic mass is 16.5. The fraction of sp³-hybridized carbons (Fsp3) is 0.655. The fourth-order valence-corrected chi connectivity index (χ4v) is 4.48. The number of rotatable bonds is 10. The number of esters is 1. The summed E-state index contributed by atoms with van der Waals surface area (Å²) in [6.45, 7) is 9.51. The number of benzene rings is 1. The van der Waals surface area contributed by atoms with Crippen LogP contribution >= 0.6 is 0 Å². The molecule has 1 aromatic carbocycles. The monoisotopic (exact) mass is 515 g/mol. The maximum absolute atomic E-state index is 13.3. The van der Waals surface area contributed by atoms with E-state index in [0.29, 0.717) is 6.42 Å². The second kappa shape index (κ2) is 15.4. The van der Waals surface area contributed by atoms with Gasteiger partial charge in [0.1, 0.15) is 24.2 Å². The van der Waals surface area contributed by atoms with Crippen LogP contribution in [0.1, 0.15) is 85.1 Å². The lowest BCUT2D eigenvalue weighted by molar-refractivity contribution is -0.158. The molecule has 37 heavy (non-hydrogen) atoms. The Balaban J connectivity index is 2.33. The fourth-order valence-electron chi connectivity index (χ4n) is 4.48. The van der Waals surface area contributed by atoms with Crippen LogP contribution in [0.25, 0.3) is 0 Å². The first-order valence-corrected chi connectivity index (χ1v) is 13.8. The molecule has 6 atom stereocenters. The molecular weight excluding hydrogens is 470 g/mol. The van der Waals surface area contributed by atoms with Gasteiger partial charge in [-0.2, -0.15) is 0 Å². The maximum Gasteiger partial charge on any atom is 0.329 e. The standard InChI is InChI=1S/C29H45N3O5/c1-6-8-9-11-14-20(4)24-18-25(33)31-23(17-22-15-12-10-13-16-22)28(35)30-21(5)27(34)32-26(19(3)7-2)29(36)37-24/h10,12-13,15-16,19-21,23-24,26H,6-9,11,14,17-18H2,1-5H3,(H,30,35)(H,31,33)(H,32,34)/t19-,20?,21-,23-,24?,26?/m0/s1. The van der Waals surface area contributed by atoms with Crippen LogP contribution < -0.4 is 16.0 Å². The number of hydrogen-bond acceptors (Lipinski definition) is 5. The van der Waals surface area contributed by atoms with Crippen LogP contribution in [0.3, 0.4) is 0 Å². The van der Waals surface area contributed by atoms with Crippen molar-refractivity contribution in [1.82, 2.24) is 16.0 Å². The average molecular weight is 516 g/mol. The molecule has 8 heteroatoms. The van der Waals surface area contributed by atoms with Crippen LogP contribution in [-0.4, -0.2) is 47.9 Å². The molecule has 8 nitrogen and oxygen atoms in total. The topological polar surface area (TPSA) is 114 Å². The van der Waals surface area contributed by atoms with Crippen molar-refractivity contribution in [3.63, 3.8) is 0 Å². The summed E-state index contributed by atoms with van der Waals surface area (Å²) in [5.41, 5.74) is 0.883. The van der Waals surface area contributed by atoms with E-state index < -0.39 is 42.0 Å². The smallest absolute Gasteiger partial charge is 0.329 e. The van der Waals surface area contributed by atoms with Crippen LogP contribution in [0.5, 0.6) is 0 Å². The number of hydrogen-bond donors (Lipinski definition) is 3. The largest absolute Gasteiger partial charge is 0.460 e. The number of cyclic esters (lactones) is 1. The zero-order chi connectivity index (χ0) is 27.4. The average Bonchev–Trinajstić information content (AvgIpc) is 2.88. The quantitative estimate of drug-likeness (QED) is 0.325. The van der Waals surface area contributed by atoms with E-state index in [4.69, 9.17) is 4.74 Å². The van der Waals surface area contributed by atoms with Crippen LogP contribution in [-0.2, 0) is 30.3 Å². The molecule has 0 aliphatic carbocycles. The minimum absolute atomic E-state index is 0.0457. The first kappa shape index (κ1) is 30.3. The van der Waals surface area contributed by atoms with Gasteiger partial charge in [0.05, 0.1) is 6.42 Å². The van der Waals surface area contributed by atoms with Crippen LogP contribution in [0, 0.1) is 11.8 Å². The third-order valence-electron chi connectivity index (χ3n) is 7.25. The molecule has 1 fully saturated rings. The molecule has 1 saturated heterocycles. The third-order valence-corrected chi connectivity index (χ3v) is 7.25. The van der Waals surface area contributed by atoms with Gasteiger partial charge in [-0.25, -0.2) is 4.79 Å². The molecule has 3 N–H and O–H groups in total. The zero-order valence-corrected chi connectivity index (χ0v) is 23.0. The highest BCUT2D eigenvalue weighted by Gasteiger charge is 2.35. The molecule has 1 aliphatic heterocycles. The SMILES string of the molecule is CCCCCCC(C)C1CC(=O)N[C@@H](Cc2ccccc2)C(=O)N[C@@H](C)C(=O)NC([C@@H](C)CC)C(=O)O1. The molecule has 1 aromatic rings. The van der Waals surface area contributed by atoms with Crippen LogP contribution in [0.4, 0.5) is 0 Å². The summed E-state index contributed by atoms with van der Waals surface area (Å²) in [7, 11) is 0. The summed E-state index contributed by atoms with van der Waals surface area (Å²) in [4.78, 5) is 52.6. The van der Waals surface area contributed by atoms with Gasteiger partial charge >= 0.3 is 5.97 Å². The normalized spacial score (nSPS) is 25.3. The van der Waals surface area contributed by atoms with Gasteiger partial charge in [0.2, 0.25) is 17.7 Å². The van der Waals surface area contributed by atoms with Gasteiger partial charge in [0.25, 0.3) is 0 Å². The highest BCUT2D eigenvalue weighted by molar-refractivity contribution is 5.94. The molecule has 206 valence electrons. The first-order chi connectivity index (χ1) is 17.7. The summed E-state index contributed by atoms with van der Waals surface area (Å²) < 4.78 is 5.93. The van der Waals surface area contributed by atoms with E-state index in [1.807, 2.05) is 51.1 Å². The lowest BCUT2D eigenvalue weighted by Crippen LogP contribution is -2.55. The molecule has 0 radical (unpaired) electrons. The number of unbranched alkanes of at least 4 members (excludes halogenated alkanes) is 3. The predicted octanol–water partition coefficient (Wildman–Crippen LogP) is 3.67. The Kier molecular flexibility index (Phi) is 12.6. The molecule has 1 aliphatic rings. The third kappa shape index (κ3) is 9.82. The van der Waals surface area contributed by atoms with Crippen molar-refractivity contribution < 1.29 is 23.9 Å². The molecule has 0 bridgehead atoms. The maximum atomic E-state index is 13.3. The van der Waals surface area contributed by atoms with Crippen molar-refractivity contribution in [2.75, 3.05) is 0 Å². The minimum Gasteiger partial charge on any atom is -0.460 e. The van der Waals surface area contributed by atoms with Gasteiger partial charge in [-0.05, 0) is 30.7 Å². The van der Waals surface area contributed by atoms with E-state index >= 15 is 0 Å². The number of carbonyl (C=O) groups is 4. The summed E-state index contributed by atoms with van der Waals surface area (Å²) >= 11 is 0. The minimum atomic E-state index is -0.893. The Hall–Kier alpha value is -2.90. The van der Waals surface area contributed by atoms with E-state index in [-0.39, 0.29) is 30.6 Å². The summed E-state index contributed by atoms with van der Waals surface area (Å²) in [6, 6.07) is 6.77. The van der Waals surface area contributed by atoms with Crippen molar-refractivity contribution in [3.05, 3.63) is 35.9 Å².